The minimum atomic E-state index is -0.751. The molecule has 0 fully saturated rings. The smallest absolute Gasteiger partial charge is 0.100 e. The average Bonchev–Trinajstić information content (AvgIpc) is 2.50. The Balaban J connectivity index is 3.71. The van der Waals surface area contributed by atoms with E-state index in [1.807, 2.05) is 0 Å². The Kier molecular flexibility index (Phi) is 14.1. The summed E-state index contributed by atoms with van der Waals surface area (Å²) in [5, 5.41) is 17.8. The summed E-state index contributed by atoms with van der Waals surface area (Å²) in [5.74, 6) is 0. The van der Waals surface area contributed by atoms with Crippen molar-refractivity contribution in [3.8, 4) is 0 Å². The van der Waals surface area contributed by atoms with Crippen molar-refractivity contribution in [1.29, 1.82) is 0 Å². The van der Waals surface area contributed by atoms with Crippen molar-refractivity contribution in [2.75, 3.05) is 19.8 Å². The fourth-order valence-corrected chi connectivity index (χ4v) is 2.14. The maximum absolute atomic E-state index is 9.13. The molecule has 0 aromatic heterocycles. The number of hydrogen-bond acceptors (Lipinski definition) is 3. The van der Waals surface area contributed by atoms with Gasteiger partial charge in [-0.1, -0.05) is 34.9 Å². The van der Waals surface area contributed by atoms with E-state index >= 15 is 0 Å². The van der Waals surface area contributed by atoms with Crippen molar-refractivity contribution in [3.05, 3.63) is 34.9 Å². The highest BCUT2D eigenvalue weighted by molar-refractivity contribution is 5.05. The lowest BCUT2D eigenvalue weighted by molar-refractivity contribution is 0.00585. The average molecular weight is 325 g/mol. The molecule has 0 amide bonds. The molecule has 2 N–H and O–H groups in total. The third kappa shape index (κ3) is 15.8. The highest BCUT2D eigenvalue weighted by atomic mass is 16.5. The summed E-state index contributed by atoms with van der Waals surface area (Å²) in [4.78, 5) is 0. The fraction of sp³-hybridized carbons (Fsp3) is 0.700. The van der Waals surface area contributed by atoms with Gasteiger partial charge in [-0.2, -0.15) is 0 Å². The second kappa shape index (κ2) is 14.7. The molecular formula is C20H36O3. The van der Waals surface area contributed by atoms with Crippen LogP contribution in [0.2, 0.25) is 0 Å². The highest BCUT2D eigenvalue weighted by Crippen LogP contribution is 2.12. The lowest BCUT2D eigenvalue weighted by Crippen LogP contribution is -2.19. The van der Waals surface area contributed by atoms with Crippen LogP contribution in [0, 0.1) is 0 Å². The molecule has 0 aromatic rings. The minimum absolute atomic E-state index is 0.218. The lowest BCUT2D eigenvalue weighted by atomic mass is 10.1. The standard InChI is InChI=1S/C20H36O3/c1-17(2)9-7-11-19(4)13-8-12-18(3)10-5-6-14-23-16-20(22)15-21/h9-10,13,20-22H,5-8,11-12,14-16H2,1-4H3. The molecule has 3 heteroatoms. The number of unbranched alkanes of at least 4 members (excludes halogenated alkanes) is 1. The van der Waals surface area contributed by atoms with E-state index in [1.54, 1.807) is 0 Å². The van der Waals surface area contributed by atoms with Crippen LogP contribution in [0.25, 0.3) is 0 Å². The van der Waals surface area contributed by atoms with E-state index in [2.05, 4.69) is 45.9 Å². The van der Waals surface area contributed by atoms with Gasteiger partial charge in [0.15, 0.2) is 0 Å². The zero-order valence-corrected chi connectivity index (χ0v) is 15.5. The molecule has 134 valence electrons. The Morgan fingerprint density at radius 1 is 0.913 bits per heavy atom. The maximum Gasteiger partial charge on any atom is 0.100 e. The maximum atomic E-state index is 9.13. The quantitative estimate of drug-likeness (QED) is 0.386. The van der Waals surface area contributed by atoms with Crippen molar-refractivity contribution >= 4 is 0 Å². The van der Waals surface area contributed by atoms with Crippen molar-refractivity contribution < 1.29 is 14.9 Å². The molecule has 0 rings (SSSR count). The summed E-state index contributed by atoms with van der Waals surface area (Å²) in [7, 11) is 0. The van der Waals surface area contributed by atoms with Crippen molar-refractivity contribution in [2.45, 2.75) is 72.3 Å². The second-order valence-electron chi connectivity index (χ2n) is 6.51. The van der Waals surface area contributed by atoms with Gasteiger partial charge in [0.25, 0.3) is 0 Å². The molecule has 0 aliphatic carbocycles. The summed E-state index contributed by atoms with van der Waals surface area (Å²) in [5.41, 5.74) is 4.30. The Bertz CT molecular complexity index is 376. The summed E-state index contributed by atoms with van der Waals surface area (Å²) in [6.07, 6.45) is 12.7. The Morgan fingerprint density at radius 2 is 1.48 bits per heavy atom. The van der Waals surface area contributed by atoms with Gasteiger partial charge in [-0.25, -0.2) is 0 Å². The lowest BCUT2D eigenvalue weighted by Gasteiger charge is -2.07. The van der Waals surface area contributed by atoms with Gasteiger partial charge in [-0.15, -0.1) is 0 Å². The number of rotatable bonds is 13. The molecule has 3 nitrogen and oxygen atoms in total. The molecule has 0 heterocycles. The third-order valence-corrected chi connectivity index (χ3v) is 3.63. The molecule has 0 bridgehead atoms. The van der Waals surface area contributed by atoms with E-state index in [1.165, 1.54) is 16.7 Å². The first-order valence-corrected chi connectivity index (χ1v) is 8.77. The van der Waals surface area contributed by atoms with Gasteiger partial charge in [0.2, 0.25) is 0 Å². The highest BCUT2D eigenvalue weighted by Gasteiger charge is 2.00. The molecule has 1 unspecified atom stereocenters. The second-order valence-corrected chi connectivity index (χ2v) is 6.51. The number of allylic oxidation sites excluding steroid dienone is 6. The van der Waals surface area contributed by atoms with E-state index in [9.17, 15) is 0 Å². The van der Waals surface area contributed by atoms with Gasteiger partial charge in [0.05, 0.1) is 13.2 Å². The summed E-state index contributed by atoms with van der Waals surface area (Å²) < 4.78 is 5.28. The van der Waals surface area contributed by atoms with Crippen LogP contribution in [-0.2, 0) is 4.74 Å². The van der Waals surface area contributed by atoms with E-state index < -0.39 is 6.10 Å². The molecule has 23 heavy (non-hydrogen) atoms. The molecule has 0 radical (unpaired) electrons. The topological polar surface area (TPSA) is 49.7 Å². The molecule has 0 spiro atoms. The summed E-state index contributed by atoms with van der Waals surface area (Å²) in [6, 6.07) is 0. The molecule has 0 saturated heterocycles. The summed E-state index contributed by atoms with van der Waals surface area (Å²) >= 11 is 0. The van der Waals surface area contributed by atoms with Crippen LogP contribution in [0.3, 0.4) is 0 Å². The fourth-order valence-electron chi connectivity index (χ4n) is 2.14. The van der Waals surface area contributed by atoms with Crippen LogP contribution in [0.1, 0.15) is 66.2 Å². The number of aliphatic hydroxyl groups excluding tert-OH is 2. The van der Waals surface area contributed by atoms with E-state index in [0.717, 1.165) is 38.5 Å². The Labute approximate surface area is 142 Å². The van der Waals surface area contributed by atoms with Gasteiger partial charge in [0, 0.05) is 6.61 Å². The number of ether oxygens (including phenoxy) is 1. The first kappa shape index (κ1) is 22.1. The zero-order valence-electron chi connectivity index (χ0n) is 15.5. The number of aliphatic hydroxyl groups is 2. The van der Waals surface area contributed by atoms with Gasteiger partial charge >= 0.3 is 0 Å². The van der Waals surface area contributed by atoms with E-state index in [0.29, 0.717) is 6.61 Å². The largest absolute Gasteiger partial charge is 0.394 e. The zero-order chi connectivity index (χ0) is 17.5. The van der Waals surface area contributed by atoms with Crippen LogP contribution in [0.15, 0.2) is 34.9 Å². The summed E-state index contributed by atoms with van der Waals surface area (Å²) in [6.45, 7) is 9.30. The van der Waals surface area contributed by atoms with Crippen LogP contribution in [0.5, 0.6) is 0 Å². The molecular weight excluding hydrogens is 288 g/mol. The van der Waals surface area contributed by atoms with Gasteiger partial charge in [0.1, 0.15) is 6.10 Å². The SMILES string of the molecule is CC(C)=CCCC(C)=CCCC(C)=CCCCOCC(O)CO. The van der Waals surface area contributed by atoms with Crippen molar-refractivity contribution in [2.24, 2.45) is 0 Å². The Morgan fingerprint density at radius 3 is 2.04 bits per heavy atom. The third-order valence-electron chi connectivity index (χ3n) is 3.63. The van der Waals surface area contributed by atoms with E-state index in [-0.39, 0.29) is 13.2 Å². The van der Waals surface area contributed by atoms with E-state index in [4.69, 9.17) is 14.9 Å². The normalized spacial score (nSPS) is 14.0. The predicted octanol–water partition coefficient (Wildman–Crippen LogP) is 4.56. The molecule has 0 aliphatic rings. The van der Waals surface area contributed by atoms with Crippen LogP contribution in [-0.4, -0.2) is 36.1 Å². The molecule has 0 saturated carbocycles. The molecule has 0 aromatic carbocycles. The molecule has 0 aliphatic heterocycles. The van der Waals surface area contributed by atoms with Gasteiger partial charge in [-0.3, -0.25) is 0 Å². The van der Waals surface area contributed by atoms with Crippen LogP contribution < -0.4 is 0 Å². The van der Waals surface area contributed by atoms with Crippen molar-refractivity contribution in [1.82, 2.24) is 0 Å². The van der Waals surface area contributed by atoms with Crippen molar-refractivity contribution in [3.63, 3.8) is 0 Å². The molecule has 1 atom stereocenters. The predicted molar refractivity (Wildman–Crippen MR) is 98.6 cm³/mol. The monoisotopic (exact) mass is 324 g/mol. The first-order chi connectivity index (χ1) is 11.0. The van der Waals surface area contributed by atoms with Crippen LogP contribution >= 0.6 is 0 Å². The minimum Gasteiger partial charge on any atom is -0.394 e. The Hall–Kier alpha value is -0.900. The van der Waals surface area contributed by atoms with Gasteiger partial charge < -0.3 is 14.9 Å². The van der Waals surface area contributed by atoms with Crippen LogP contribution in [0.4, 0.5) is 0 Å². The first-order valence-electron chi connectivity index (χ1n) is 8.77. The number of hydrogen-bond donors (Lipinski definition) is 2. The van der Waals surface area contributed by atoms with Gasteiger partial charge in [-0.05, 0) is 66.2 Å².